The molecule has 4 saturated carbocycles. The Hall–Kier alpha value is -0.860. The van der Waals surface area contributed by atoms with E-state index in [4.69, 9.17) is 0 Å². The van der Waals surface area contributed by atoms with Gasteiger partial charge in [-0.05, 0) is 57.3 Å². The number of ketones is 1. The number of nitrogens with one attached hydrogen (secondary N) is 1. The number of amides is 1. The van der Waals surface area contributed by atoms with E-state index >= 15 is 0 Å². The zero-order valence-electron chi connectivity index (χ0n) is 10.7. The quantitative estimate of drug-likeness (QED) is 0.796. The number of rotatable bonds is 2. The first-order chi connectivity index (χ1) is 7.93. The summed E-state index contributed by atoms with van der Waals surface area (Å²) in [6.45, 7) is 3.34. The number of carbonyl (C=O) groups excluding carboxylic acids is 2. The van der Waals surface area contributed by atoms with E-state index in [1.54, 1.807) is 13.8 Å². The molecule has 4 rings (SSSR count). The van der Waals surface area contributed by atoms with Crippen LogP contribution in [0.3, 0.4) is 0 Å². The third-order valence-electron chi connectivity index (χ3n) is 5.25. The number of hydrogen-bond acceptors (Lipinski definition) is 2. The lowest BCUT2D eigenvalue weighted by Gasteiger charge is -2.61. The van der Waals surface area contributed by atoms with Crippen molar-refractivity contribution in [2.24, 2.45) is 17.3 Å². The van der Waals surface area contributed by atoms with Crippen molar-refractivity contribution in [1.29, 1.82) is 0 Å². The van der Waals surface area contributed by atoms with E-state index in [0.717, 1.165) is 32.1 Å². The topological polar surface area (TPSA) is 46.2 Å². The van der Waals surface area contributed by atoms with Crippen molar-refractivity contribution in [1.82, 2.24) is 5.32 Å². The summed E-state index contributed by atoms with van der Waals surface area (Å²) in [5.41, 5.74) is -0.159. The molecule has 2 atom stereocenters. The minimum Gasteiger partial charge on any atom is -0.351 e. The van der Waals surface area contributed by atoms with Crippen molar-refractivity contribution >= 4 is 11.7 Å². The highest BCUT2D eigenvalue weighted by Gasteiger charge is 2.59. The molecular weight excluding hydrogens is 214 g/mol. The molecule has 3 heteroatoms. The van der Waals surface area contributed by atoms with Crippen molar-refractivity contribution < 1.29 is 9.59 Å². The van der Waals surface area contributed by atoms with Gasteiger partial charge in [0, 0.05) is 17.9 Å². The molecule has 0 spiro atoms. The SMILES string of the molecule is CC(=O)NC12C[C@@H]3C[C@@H](C1)CC(C(C)=O)(C3)C2. The Morgan fingerprint density at radius 2 is 1.65 bits per heavy atom. The molecule has 3 nitrogen and oxygen atoms in total. The minimum atomic E-state index is -0.105. The van der Waals surface area contributed by atoms with Gasteiger partial charge < -0.3 is 5.32 Å². The van der Waals surface area contributed by atoms with Crippen LogP contribution in [0.25, 0.3) is 0 Å². The minimum absolute atomic E-state index is 0.0540. The molecule has 0 heterocycles. The summed E-state index contributed by atoms with van der Waals surface area (Å²) in [5, 5.41) is 3.18. The molecule has 1 N–H and O–H groups in total. The monoisotopic (exact) mass is 235 g/mol. The first-order valence-corrected chi connectivity index (χ1v) is 6.73. The summed E-state index contributed by atoms with van der Waals surface area (Å²) in [4.78, 5) is 23.4. The smallest absolute Gasteiger partial charge is 0.217 e. The maximum atomic E-state index is 12.0. The average molecular weight is 235 g/mol. The first-order valence-electron chi connectivity index (χ1n) is 6.73. The third-order valence-corrected chi connectivity index (χ3v) is 5.25. The molecule has 0 saturated heterocycles. The molecule has 4 aliphatic carbocycles. The van der Waals surface area contributed by atoms with Gasteiger partial charge in [0.25, 0.3) is 0 Å². The van der Waals surface area contributed by atoms with E-state index in [9.17, 15) is 9.59 Å². The highest BCUT2D eigenvalue weighted by Crippen LogP contribution is 2.61. The highest BCUT2D eigenvalue weighted by atomic mass is 16.1. The van der Waals surface area contributed by atoms with Crippen LogP contribution in [0, 0.1) is 17.3 Å². The Bertz CT molecular complexity index is 374. The summed E-state index contributed by atoms with van der Waals surface area (Å²) in [7, 11) is 0. The molecule has 0 aromatic rings. The summed E-state index contributed by atoms with van der Waals surface area (Å²) in [6, 6.07) is 0. The van der Waals surface area contributed by atoms with E-state index in [1.165, 1.54) is 6.42 Å². The van der Waals surface area contributed by atoms with Crippen LogP contribution >= 0.6 is 0 Å². The van der Waals surface area contributed by atoms with Gasteiger partial charge in [-0.25, -0.2) is 0 Å². The van der Waals surface area contributed by atoms with Crippen LogP contribution in [0.2, 0.25) is 0 Å². The van der Waals surface area contributed by atoms with Crippen LogP contribution in [-0.2, 0) is 9.59 Å². The third kappa shape index (κ3) is 1.62. The molecule has 0 aromatic carbocycles. The van der Waals surface area contributed by atoms with Gasteiger partial charge in [0.05, 0.1) is 0 Å². The molecular formula is C14H21NO2. The van der Waals surface area contributed by atoms with Crippen molar-refractivity contribution in [2.45, 2.75) is 57.9 Å². The Balaban J connectivity index is 1.94. The van der Waals surface area contributed by atoms with Crippen molar-refractivity contribution in [2.75, 3.05) is 0 Å². The van der Waals surface area contributed by atoms with Crippen LogP contribution in [0.5, 0.6) is 0 Å². The maximum Gasteiger partial charge on any atom is 0.217 e. The molecule has 0 aromatic heterocycles. The molecule has 17 heavy (non-hydrogen) atoms. The molecule has 4 fully saturated rings. The van der Waals surface area contributed by atoms with Crippen LogP contribution in [-0.4, -0.2) is 17.2 Å². The lowest BCUT2D eigenvalue weighted by Crippen LogP contribution is -2.64. The van der Waals surface area contributed by atoms with Gasteiger partial charge in [-0.3, -0.25) is 9.59 Å². The summed E-state index contributed by atoms with van der Waals surface area (Å²) in [5.74, 6) is 1.73. The van der Waals surface area contributed by atoms with Gasteiger partial charge >= 0.3 is 0 Å². The lowest BCUT2D eigenvalue weighted by molar-refractivity contribution is -0.149. The van der Waals surface area contributed by atoms with Crippen molar-refractivity contribution in [3.05, 3.63) is 0 Å². The highest BCUT2D eigenvalue weighted by molar-refractivity contribution is 5.83. The number of carbonyl (C=O) groups is 2. The molecule has 1 amide bonds. The van der Waals surface area contributed by atoms with Crippen LogP contribution in [0.15, 0.2) is 0 Å². The standard InChI is InChI=1S/C14H21NO2/c1-9(16)13-4-11-3-12(5-13)7-14(6-11,8-13)15-10(2)17/h11-12H,3-8H2,1-2H3,(H,15,17)/t11-,12-,13?,14?/m1/s1. The van der Waals surface area contributed by atoms with E-state index in [1.807, 2.05) is 0 Å². The zero-order chi connectivity index (χ0) is 12.3. The Kier molecular flexibility index (Phi) is 2.20. The largest absolute Gasteiger partial charge is 0.351 e. The normalized spacial score (nSPS) is 46.9. The zero-order valence-corrected chi connectivity index (χ0v) is 10.7. The summed E-state index contributed by atoms with van der Waals surface area (Å²) < 4.78 is 0. The van der Waals surface area contributed by atoms with Crippen LogP contribution < -0.4 is 5.32 Å². The molecule has 4 bridgehead atoms. The van der Waals surface area contributed by atoms with Gasteiger partial charge in [-0.15, -0.1) is 0 Å². The average Bonchev–Trinajstić information content (AvgIpc) is 2.12. The Labute approximate surface area is 102 Å². The number of hydrogen-bond donors (Lipinski definition) is 1. The predicted octanol–water partition coefficient (Wildman–Crippen LogP) is 2.05. The molecule has 0 radical (unpaired) electrons. The second-order valence-corrected chi connectivity index (χ2v) is 6.76. The van der Waals surface area contributed by atoms with Gasteiger partial charge in [0.15, 0.2) is 0 Å². The summed E-state index contributed by atoms with van der Waals surface area (Å²) in [6.07, 6.45) is 6.49. The maximum absolute atomic E-state index is 12.0. The van der Waals surface area contributed by atoms with E-state index in [2.05, 4.69) is 5.32 Å². The van der Waals surface area contributed by atoms with E-state index in [0.29, 0.717) is 17.6 Å². The van der Waals surface area contributed by atoms with Gasteiger partial charge in [-0.1, -0.05) is 0 Å². The second-order valence-electron chi connectivity index (χ2n) is 6.76. The fraction of sp³-hybridized carbons (Fsp3) is 0.857. The molecule has 94 valence electrons. The van der Waals surface area contributed by atoms with Gasteiger partial charge in [-0.2, -0.15) is 0 Å². The van der Waals surface area contributed by atoms with Gasteiger partial charge in [0.1, 0.15) is 5.78 Å². The van der Waals surface area contributed by atoms with Crippen LogP contribution in [0.4, 0.5) is 0 Å². The number of Topliss-reactive ketones (excluding diaryl/α,β-unsaturated/α-hetero) is 1. The van der Waals surface area contributed by atoms with Crippen molar-refractivity contribution in [3.63, 3.8) is 0 Å². The Morgan fingerprint density at radius 1 is 1.06 bits per heavy atom. The molecule has 0 aliphatic heterocycles. The first kappa shape index (κ1) is 11.2. The van der Waals surface area contributed by atoms with Crippen molar-refractivity contribution in [3.8, 4) is 0 Å². The fourth-order valence-electron chi connectivity index (χ4n) is 5.19. The molecule has 0 unspecified atom stereocenters. The second kappa shape index (κ2) is 3.33. The van der Waals surface area contributed by atoms with E-state index < -0.39 is 0 Å². The van der Waals surface area contributed by atoms with Crippen LogP contribution in [0.1, 0.15) is 52.4 Å². The molecule has 4 aliphatic rings. The fourth-order valence-corrected chi connectivity index (χ4v) is 5.19. The van der Waals surface area contributed by atoms with Gasteiger partial charge in [0.2, 0.25) is 5.91 Å². The lowest BCUT2D eigenvalue weighted by atomic mass is 9.46. The Morgan fingerprint density at radius 3 is 2.12 bits per heavy atom. The summed E-state index contributed by atoms with van der Waals surface area (Å²) >= 11 is 0. The predicted molar refractivity (Wildman–Crippen MR) is 64.3 cm³/mol. The van der Waals surface area contributed by atoms with E-state index in [-0.39, 0.29) is 16.9 Å².